The molecule has 0 aliphatic carbocycles. The Balaban J connectivity index is 2.52. The molecule has 1 heterocycles. The van der Waals surface area contributed by atoms with Crippen molar-refractivity contribution >= 4 is 5.97 Å². The molecule has 0 atom stereocenters. The molecular weight excluding hydrogens is 246 g/mol. The zero-order chi connectivity index (χ0) is 14.0. The number of aromatic nitrogens is 1. The second kappa shape index (κ2) is 5.06. The number of ether oxygens (including phenoxy) is 2. The van der Waals surface area contributed by atoms with Crippen molar-refractivity contribution in [3.05, 3.63) is 35.5 Å². The predicted octanol–water partition coefficient (Wildman–Crippen LogP) is 2.71. The third-order valence-electron chi connectivity index (χ3n) is 2.94. The molecule has 0 amide bonds. The molecule has 0 saturated heterocycles. The van der Waals surface area contributed by atoms with Gasteiger partial charge in [-0.15, -0.1) is 0 Å². The molecule has 2 rings (SSSR count). The van der Waals surface area contributed by atoms with E-state index in [-0.39, 0.29) is 5.56 Å². The van der Waals surface area contributed by atoms with Gasteiger partial charge in [0.2, 0.25) is 0 Å². The van der Waals surface area contributed by atoms with E-state index in [1.807, 2.05) is 6.07 Å². The first-order chi connectivity index (χ1) is 9.06. The average Bonchev–Trinajstić information content (AvgIpc) is 2.80. The van der Waals surface area contributed by atoms with Gasteiger partial charge in [0.1, 0.15) is 11.5 Å². The van der Waals surface area contributed by atoms with Crippen LogP contribution < -0.4 is 9.47 Å². The molecule has 0 fully saturated rings. The topological polar surface area (TPSA) is 71.5 Å². The average molecular weight is 261 g/mol. The lowest BCUT2D eigenvalue weighted by molar-refractivity contribution is 0.0696. The van der Waals surface area contributed by atoms with Crippen LogP contribution in [0.1, 0.15) is 16.1 Å². The summed E-state index contributed by atoms with van der Waals surface area (Å²) in [6.45, 7) is 1.73. The van der Waals surface area contributed by atoms with Crippen LogP contribution in [0.25, 0.3) is 11.3 Å². The molecule has 0 bridgehead atoms. The van der Waals surface area contributed by atoms with Gasteiger partial charge in [-0.3, -0.25) is 0 Å². The van der Waals surface area contributed by atoms with Crippen LogP contribution in [0.4, 0.5) is 0 Å². The number of hydrogen-bond donors (Lipinski definition) is 2. The van der Waals surface area contributed by atoms with E-state index in [1.54, 1.807) is 39.3 Å². The Morgan fingerprint density at radius 1 is 1.21 bits per heavy atom. The van der Waals surface area contributed by atoms with Crippen LogP contribution in [0, 0.1) is 6.92 Å². The molecule has 0 saturated carbocycles. The summed E-state index contributed by atoms with van der Waals surface area (Å²) in [6.07, 6.45) is 0. The van der Waals surface area contributed by atoms with Crippen LogP contribution in [0.5, 0.6) is 11.5 Å². The summed E-state index contributed by atoms with van der Waals surface area (Å²) in [6, 6.07) is 6.98. The van der Waals surface area contributed by atoms with Crippen LogP contribution in [0.3, 0.4) is 0 Å². The normalized spacial score (nSPS) is 10.3. The first-order valence-electron chi connectivity index (χ1n) is 5.72. The summed E-state index contributed by atoms with van der Waals surface area (Å²) >= 11 is 0. The lowest BCUT2D eigenvalue weighted by Gasteiger charge is -2.09. The van der Waals surface area contributed by atoms with Gasteiger partial charge in [-0.2, -0.15) is 0 Å². The highest BCUT2D eigenvalue weighted by atomic mass is 16.5. The Morgan fingerprint density at radius 3 is 2.47 bits per heavy atom. The van der Waals surface area contributed by atoms with E-state index in [2.05, 4.69) is 4.98 Å². The SMILES string of the molecule is COc1ccc(-c2cc(C(=O)O)c(C)[nH]2)c(OC)c1. The van der Waals surface area contributed by atoms with Crippen molar-refractivity contribution in [2.24, 2.45) is 0 Å². The number of methoxy groups -OCH3 is 2. The van der Waals surface area contributed by atoms with Gasteiger partial charge >= 0.3 is 5.97 Å². The Labute approximate surface area is 110 Å². The molecule has 100 valence electrons. The van der Waals surface area contributed by atoms with E-state index in [4.69, 9.17) is 14.6 Å². The van der Waals surface area contributed by atoms with E-state index in [9.17, 15) is 4.79 Å². The minimum atomic E-state index is -0.951. The summed E-state index contributed by atoms with van der Waals surface area (Å²) in [5.74, 6) is 0.354. The van der Waals surface area contributed by atoms with Gasteiger partial charge in [0, 0.05) is 17.3 Å². The van der Waals surface area contributed by atoms with Gasteiger partial charge in [-0.05, 0) is 25.1 Å². The van der Waals surface area contributed by atoms with Gasteiger partial charge in [0.15, 0.2) is 0 Å². The largest absolute Gasteiger partial charge is 0.497 e. The maximum atomic E-state index is 11.1. The molecule has 2 N–H and O–H groups in total. The number of H-pyrrole nitrogens is 1. The summed E-state index contributed by atoms with van der Waals surface area (Å²) in [7, 11) is 3.14. The minimum Gasteiger partial charge on any atom is -0.497 e. The lowest BCUT2D eigenvalue weighted by atomic mass is 10.1. The quantitative estimate of drug-likeness (QED) is 0.887. The van der Waals surface area contributed by atoms with Gasteiger partial charge in [0.25, 0.3) is 0 Å². The zero-order valence-corrected chi connectivity index (χ0v) is 11.0. The number of aromatic amines is 1. The van der Waals surface area contributed by atoms with E-state index in [0.29, 0.717) is 22.9 Å². The predicted molar refractivity (Wildman–Crippen MR) is 71.0 cm³/mol. The second-order valence-corrected chi connectivity index (χ2v) is 4.09. The molecule has 0 spiro atoms. The number of aryl methyl sites for hydroxylation is 1. The zero-order valence-electron chi connectivity index (χ0n) is 11.0. The van der Waals surface area contributed by atoms with Gasteiger partial charge in [0.05, 0.1) is 25.5 Å². The van der Waals surface area contributed by atoms with Crippen molar-refractivity contribution in [2.75, 3.05) is 14.2 Å². The highest BCUT2D eigenvalue weighted by Crippen LogP contribution is 2.33. The number of nitrogens with one attached hydrogen (secondary N) is 1. The first-order valence-corrected chi connectivity index (χ1v) is 5.72. The Kier molecular flexibility index (Phi) is 3.46. The highest BCUT2D eigenvalue weighted by Gasteiger charge is 2.15. The fourth-order valence-corrected chi connectivity index (χ4v) is 1.95. The molecule has 1 aromatic heterocycles. The number of carbonyl (C=O) groups is 1. The minimum absolute atomic E-state index is 0.257. The maximum absolute atomic E-state index is 11.1. The molecule has 0 aliphatic heterocycles. The molecule has 0 radical (unpaired) electrons. The third-order valence-corrected chi connectivity index (χ3v) is 2.94. The van der Waals surface area contributed by atoms with Crippen LogP contribution in [0.2, 0.25) is 0 Å². The highest BCUT2D eigenvalue weighted by molar-refractivity contribution is 5.91. The molecule has 5 heteroatoms. The monoisotopic (exact) mass is 261 g/mol. The Bertz CT molecular complexity index is 616. The van der Waals surface area contributed by atoms with Gasteiger partial charge < -0.3 is 19.6 Å². The molecule has 2 aromatic rings. The number of rotatable bonds is 4. The molecule has 19 heavy (non-hydrogen) atoms. The number of carboxylic acid groups (broad SMARTS) is 1. The lowest BCUT2D eigenvalue weighted by Crippen LogP contribution is -1.95. The summed E-state index contributed by atoms with van der Waals surface area (Å²) < 4.78 is 10.4. The fraction of sp³-hybridized carbons (Fsp3) is 0.214. The van der Waals surface area contributed by atoms with E-state index in [0.717, 1.165) is 5.56 Å². The van der Waals surface area contributed by atoms with Crippen molar-refractivity contribution in [2.45, 2.75) is 6.92 Å². The van der Waals surface area contributed by atoms with Gasteiger partial charge in [-0.25, -0.2) is 4.79 Å². The number of aromatic carboxylic acids is 1. The molecule has 0 aliphatic rings. The van der Waals surface area contributed by atoms with Crippen molar-refractivity contribution in [3.63, 3.8) is 0 Å². The maximum Gasteiger partial charge on any atom is 0.337 e. The fourth-order valence-electron chi connectivity index (χ4n) is 1.95. The Hall–Kier alpha value is -2.43. The van der Waals surface area contributed by atoms with Crippen LogP contribution in [-0.2, 0) is 0 Å². The van der Waals surface area contributed by atoms with Crippen LogP contribution in [-0.4, -0.2) is 30.3 Å². The van der Waals surface area contributed by atoms with E-state index in [1.165, 1.54) is 0 Å². The number of benzene rings is 1. The van der Waals surface area contributed by atoms with E-state index < -0.39 is 5.97 Å². The van der Waals surface area contributed by atoms with Crippen LogP contribution >= 0.6 is 0 Å². The molecular formula is C14H15NO4. The molecule has 1 aromatic carbocycles. The van der Waals surface area contributed by atoms with Crippen LogP contribution in [0.15, 0.2) is 24.3 Å². The summed E-state index contributed by atoms with van der Waals surface area (Å²) in [5, 5.41) is 9.06. The van der Waals surface area contributed by atoms with Crippen molar-refractivity contribution < 1.29 is 19.4 Å². The third kappa shape index (κ3) is 2.40. The van der Waals surface area contributed by atoms with Crippen molar-refractivity contribution in [1.29, 1.82) is 0 Å². The Morgan fingerprint density at radius 2 is 1.95 bits per heavy atom. The number of carboxylic acids is 1. The summed E-state index contributed by atoms with van der Waals surface area (Å²) in [5.41, 5.74) is 2.36. The standard InChI is InChI=1S/C14H15NO4/c1-8-11(14(16)17)7-12(15-8)10-5-4-9(18-2)6-13(10)19-3/h4-7,15H,1-3H3,(H,16,17). The number of hydrogen-bond acceptors (Lipinski definition) is 3. The molecule has 0 unspecified atom stereocenters. The second-order valence-electron chi connectivity index (χ2n) is 4.09. The first kappa shape index (κ1) is 13.0. The smallest absolute Gasteiger partial charge is 0.337 e. The summed E-state index contributed by atoms with van der Waals surface area (Å²) in [4.78, 5) is 14.1. The van der Waals surface area contributed by atoms with Crippen molar-refractivity contribution in [1.82, 2.24) is 4.98 Å². The van der Waals surface area contributed by atoms with Gasteiger partial charge in [-0.1, -0.05) is 0 Å². The molecule has 5 nitrogen and oxygen atoms in total. The van der Waals surface area contributed by atoms with E-state index >= 15 is 0 Å². The van der Waals surface area contributed by atoms with Crippen molar-refractivity contribution in [3.8, 4) is 22.8 Å².